The Morgan fingerprint density at radius 2 is 2.05 bits per heavy atom. The monoisotopic (exact) mass is 326 g/mol. The quantitative estimate of drug-likeness (QED) is 0.888. The summed E-state index contributed by atoms with van der Waals surface area (Å²) in [5.74, 6) is -2.40. The first-order valence-corrected chi connectivity index (χ1v) is 7.57. The highest BCUT2D eigenvalue weighted by Crippen LogP contribution is 2.19. The van der Waals surface area contributed by atoms with Crippen molar-refractivity contribution in [1.82, 2.24) is 10.0 Å². The van der Waals surface area contributed by atoms with Crippen LogP contribution in [0.3, 0.4) is 0 Å². The molecule has 2 unspecified atom stereocenters. The second-order valence-electron chi connectivity index (χ2n) is 4.75. The summed E-state index contributed by atoms with van der Waals surface area (Å²) in [6.07, 6.45) is 0.622. The average Bonchev–Trinajstić information content (AvgIpc) is 2.35. The zero-order chi connectivity index (χ0) is 14.0. The predicted molar refractivity (Wildman–Crippen MR) is 74.4 cm³/mol. The maximum Gasteiger partial charge on any atom is 0.243 e. The van der Waals surface area contributed by atoms with Gasteiger partial charge in [-0.25, -0.2) is 21.9 Å². The molecule has 4 nitrogen and oxygen atoms in total. The first kappa shape index (κ1) is 17.3. The summed E-state index contributed by atoms with van der Waals surface area (Å²) < 4.78 is 53.2. The number of rotatable bonds is 3. The first-order valence-electron chi connectivity index (χ1n) is 6.09. The fraction of sp³-hybridized carbons (Fsp3) is 0.500. The smallest absolute Gasteiger partial charge is 0.243 e. The molecule has 2 rings (SSSR count). The van der Waals surface area contributed by atoms with Crippen molar-refractivity contribution in [2.24, 2.45) is 5.92 Å². The van der Waals surface area contributed by atoms with Crippen molar-refractivity contribution in [3.63, 3.8) is 0 Å². The summed E-state index contributed by atoms with van der Waals surface area (Å²) >= 11 is 0. The first-order chi connectivity index (χ1) is 8.92. The normalized spacial score (nSPS) is 23.1. The maximum absolute atomic E-state index is 13.5. The SMILES string of the molecule is CC1CNCCC1NS(=O)(=O)c1cccc(F)c1F.Cl. The second-order valence-corrected chi connectivity index (χ2v) is 6.43. The van der Waals surface area contributed by atoms with Crippen LogP contribution in [0.2, 0.25) is 0 Å². The van der Waals surface area contributed by atoms with Crippen molar-refractivity contribution in [3.8, 4) is 0 Å². The summed E-state index contributed by atoms with van der Waals surface area (Å²) in [6, 6.07) is 2.86. The molecule has 1 fully saturated rings. The van der Waals surface area contributed by atoms with Crippen LogP contribution in [-0.2, 0) is 10.0 Å². The van der Waals surface area contributed by atoms with Gasteiger partial charge in [0.1, 0.15) is 4.90 Å². The van der Waals surface area contributed by atoms with Crippen molar-refractivity contribution in [2.45, 2.75) is 24.3 Å². The summed E-state index contributed by atoms with van der Waals surface area (Å²) in [5, 5.41) is 3.14. The van der Waals surface area contributed by atoms with E-state index in [1.807, 2.05) is 6.92 Å². The number of hydrogen-bond acceptors (Lipinski definition) is 3. The molecule has 0 bridgehead atoms. The van der Waals surface area contributed by atoms with Gasteiger partial charge in [0.05, 0.1) is 0 Å². The average molecular weight is 327 g/mol. The molecule has 1 saturated heterocycles. The molecule has 0 aromatic heterocycles. The van der Waals surface area contributed by atoms with E-state index < -0.39 is 26.6 Å². The third kappa shape index (κ3) is 3.66. The lowest BCUT2D eigenvalue weighted by Crippen LogP contribution is -2.48. The van der Waals surface area contributed by atoms with Crippen molar-refractivity contribution >= 4 is 22.4 Å². The number of piperidine rings is 1. The standard InChI is InChI=1S/C12H16F2N2O2S.ClH/c1-8-7-15-6-5-10(8)16-19(17,18)11-4-2-3-9(13)12(11)14;/h2-4,8,10,15-16H,5-7H2,1H3;1H. The van der Waals surface area contributed by atoms with E-state index in [0.717, 1.165) is 12.1 Å². The molecule has 1 heterocycles. The van der Waals surface area contributed by atoms with Gasteiger partial charge in [0.15, 0.2) is 11.6 Å². The number of sulfonamides is 1. The van der Waals surface area contributed by atoms with Gasteiger partial charge in [0.25, 0.3) is 0 Å². The Kier molecular flexibility index (Phi) is 5.88. The van der Waals surface area contributed by atoms with Crippen LogP contribution in [0.25, 0.3) is 0 Å². The van der Waals surface area contributed by atoms with Gasteiger partial charge in [-0.3, -0.25) is 0 Å². The minimum Gasteiger partial charge on any atom is -0.316 e. The number of benzene rings is 1. The molecular weight excluding hydrogens is 310 g/mol. The van der Waals surface area contributed by atoms with E-state index in [1.54, 1.807) is 0 Å². The molecule has 1 aliphatic rings. The third-order valence-electron chi connectivity index (χ3n) is 3.30. The van der Waals surface area contributed by atoms with Gasteiger partial charge in [-0.15, -0.1) is 12.4 Å². The highest BCUT2D eigenvalue weighted by atomic mass is 35.5. The van der Waals surface area contributed by atoms with Gasteiger partial charge in [0, 0.05) is 6.04 Å². The largest absolute Gasteiger partial charge is 0.316 e. The molecule has 1 aromatic carbocycles. The molecule has 0 saturated carbocycles. The van der Waals surface area contributed by atoms with E-state index in [9.17, 15) is 17.2 Å². The fourth-order valence-electron chi connectivity index (χ4n) is 2.14. The Morgan fingerprint density at radius 1 is 1.35 bits per heavy atom. The molecule has 1 aromatic rings. The van der Waals surface area contributed by atoms with Crippen molar-refractivity contribution in [1.29, 1.82) is 0 Å². The summed E-state index contributed by atoms with van der Waals surface area (Å²) in [4.78, 5) is -0.641. The van der Waals surface area contributed by atoms with Gasteiger partial charge in [-0.2, -0.15) is 0 Å². The fourth-order valence-corrected chi connectivity index (χ4v) is 3.61. The number of nitrogens with one attached hydrogen (secondary N) is 2. The van der Waals surface area contributed by atoms with Gasteiger partial charge < -0.3 is 5.32 Å². The Bertz CT molecular complexity index is 569. The molecular formula is C12H17ClF2N2O2S. The third-order valence-corrected chi connectivity index (χ3v) is 4.80. The predicted octanol–water partition coefficient (Wildman–Crippen LogP) is 1.66. The van der Waals surface area contributed by atoms with E-state index in [-0.39, 0.29) is 24.4 Å². The molecule has 2 atom stereocenters. The molecule has 8 heteroatoms. The summed E-state index contributed by atoms with van der Waals surface area (Å²) in [7, 11) is -4.04. The minimum atomic E-state index is -4.04. The van der Waals surface area contributed by atoms with Crippen LogP contribution in [0.4, 0.5) is 8.78 Å². The molecule has 114 valence electrons. The molecule has 0 amide bonds. The van der Waals surface area contributed by atoms with Crippen LogP contribution < -0.4 is 10.0 Å². The molecule has 0 aliphatic carbocycles. The van der Waals surface area contributed by atoms with Crippen LogP contribution in [0.1, 0.15) is 13.3 Å². The van der Waals surface area contributed by atoms with Gasteiger partial charge >= 0.3 is 0 Å². The van der Waals surface area contributed by atoms with E-state index in [1.165, 1.54) is 6.07 Å². The number of hydrogen-bond donors (Lipinski definition) is 2. The van der Waals surface area contributed by atoms with Crippen LogP contribution in [0, 0.1) is 17.6 Å². The van der Waals surface area contributed by atoms with Gasteiger partial charge in [-0.05, 0) is 37.6 Å². The number of halogens is 3. The second kappa shape index (κ2) is 6.80. The van der Waals surface area contributed by atoms with Crippen LogP contribution in [-0.4, -0.2) is 27.5 Å². The summed E-state index contributed by atoms with van der Waals surface area (Å²) in [6.45, 7) is 3.29. The van der Waals surface area contributed by atoms with Crippen molar-refractivity contribution in [2.75, 3.05) is 13.1 Å². The van der Waals surface area contributed by atoms with E-state index in [0.29, 0.717) is 19.5 Å². The highest BCUT2D eigenvalue weighted by Gasteiger charge is 2.29. The van der Waals surface area contributed by atoms with E-state index >= 15 is 0 Å². The van der Waals surface area contributed by atoms with Crippen LogP contribution in [0.5, 0.6) is 0 Å². The zero-order valence-electron chi connectivity index (χ0n) is 10.9. The zero-order valence-corrected chi connectivity index (χ0v) is 12.5. The maximum atomic E-state index is 13.5. The lowest BCUT2D eigenvalue weighted by molar-refractivity contribution is 0.327. The minimum absolute atomic E-state index is 0. The molecule has 0 spiro atoms. The van der Waals surface area contributed by atoms with E-state index in [4.69, 9.17) is 0 Å². The molecule has 1 aliphatic heterocycles. The molecule has 20 heavy (non-hydrogen) atoms. The molecule has 0 radical (unpaired) electrons. The lowest BCUT2D eigenvalue weighted by atomic mass is 9.97. The van der Waals surface area contributed by atoms with Crippen LogP contribution >= 0.6 is 12.4 Å². The molecule has 2 N–H and O–H groups in total. The van der Waals surface area contributed by atoms with Gasteiger partial charge in [0.2, 0.25) is 10.0 Å². The Labute approximate surface area is 123 Å². The topological polar surface area (TPSA) is 58.2 Å². The van der Waals surface area contributed by atoms with Crippen molar-refractivity contribution < 1.29 is 17.2 Å². The van der Waals surface area contributed by atoms with E-state index in [2.05, 4.69) is 10.0 Å². The Balaban J connectivity index is 0.00000200. The van der Waals surface area contributed by atoms with Gasteiger partial charge in [-0.1, -0.05) is 13.0 Å². The van der Waals surface area contributed by atoms with Crippen molar-refractivity contribution in [3.05, 3.63) is 29.8 Å². The Hall–Kier alpha value is -0.760. The summed E-state index contributed by atoms with van der Waals surface area (Å²) in [5.41, 5.74) is 0. The highest BCUT2D eigenvalue weighted by molar-refractivity contribution is 7.89. The van der Waals surface area contributed by atoms with Crippen LogP contribution in [0.15, 0.2) is 23.1 Å². The lowest BCUT2D eigenvalue weighted by Gasteiger charge is -2.29. The Morgan fingerprint density at radius 3 is 2.70 bits per heavy atom.